The SMILES string of the molecule is CCC1C[C@]1(NC(=O)[C@@H]1C[C@@H]2CN1C(=O)[C@H](C(C)(C)C)NC(=O)O[C@]1(C)C[C@H]1CCCCCc1cccc3c1CN(C3)C(=O)O2)C(=O)NS(=O)(=O)C1CC1. The smallest absolute Gasteiger partial charge is 0.410 e. The number of benzene rings is 1. The molecule has 4 fully saturated rings. The average Bonchev–Trinajstić information content (AvgIpc) is 4.05. The maximum atomic E-state index is 14.6. The van der Waals surface area contributed by atoms with Gasteiger partial charge in [-0.3, -0.25) is 24.0 Å². The van der Waals surface area contributed by atoms with E-state index in [9.17, 15) is 32.4 Å². The van der Waals surface area contributed by atoms with Gasteiger partial charge in [-0.2, -0.15) is 0 Å². The third kappa shape index (κ3) is 7.66. The summed E-state index contributed by atoms with van der Waals surface area (Å²) in [5.74, 6) is -2.08. The fraction of sp³-hybridized carbons (Fsp3) is 0.718. The van der Waals surface area contributed by atoms with Gasteiger partial charge in [-0.1, -0.05) is 65.2 Å². The molecule has 1 saturated heterocycles. The highest BCUT2D eigenvalue weighted by Gasteiger charge is 2.62. The van der Waals surface area contributed by atoms with Gasteiger partial charge >= 0.3 is 12.2 Å². The Morgan fingerprint density at radius 3 is 2.44 bits per heavy atom. The summed E-state index contributed by atoms with van der Waals surface area (Å²) in [6, 6.07) is 3.87. The van der Waals surface area contributed by atoms with E-state index in [1.807, 2.05) is 26.0 Å². The minimum Gasteiger partial charge on any atom is -0.444 e. The van der Waals surface area contributed by atoms with E-state index < -0.39 is 79.9 Å². The molecule has 0 aromatic heterocycles. The lowest BCUT2D eigenvalue weighted by Crippen LogP contribution is -2.60. The first-order valence-corrected chi connectivity index (χ1v) is 21.2. The molecule has 1 aromatic carbocycles. The number of amides is 5. The van der Waals surface area contributed by atoms with Crippen LogP contribution < -0.4 is 15.4 Å². The summed E-state index contributed by atoms with van der Waals surface area (Å²) < 4.78 is 39.6. The fourth-order valence-electron chi connectivity index (χ4n) is 8.76. The quantitative estimate of drug-likeness (QED) is 0.385. The van der Waals surface area contributed by atoms with Gasteiger partial charge in [0.1, 0.15) is 29.3 Å². The Hall–Kier alpha value is -3.88. The normalized spacial score (nSPS) is 33.1. The Kier molecular flexibility index (Phi) is 9.96. The second-order valence-electron chi connectivity index (χ2n) is 17.8. The average molecular weight is 770 g/mol. The van der Waals surface area contributed by atoms with E-state index in [0.29, 0.717) is 32.4 Å². The second kappa shape index (κ2) is 14.0. The second-order valence-corrected chi connectivity index (χ2v) is 19.7. The number of carbonyl (C=O) groups is 5. The highest BCUT2D eigenvalue weighted by atomic mass is 32.2. The molecule has 296 valence electrons. The molecule has 1 unspecified atom stereocenters. The molecule has 4 bridgehead atoms. The Morgan fingerprint density at radius 2 is 1.76 bits per heavy atom. The van der Waals surface area contributed by atoms with Crippen molar-refractivity contribution < 1.29 is 41.9 Å². The summed E-state index contributed by atoms with van der Waals surface area (Å²) in [4.78, 5) is 72.5. The number of hydrogen-bond acceptors (Lipinski definition) is 9. The molecule has 3 aliphatic carbocycles. The molecule has 0 radical (unpaired) electrons. The number of nitrogens with zero attached hydrogens (tertiary/aromatic N) is 2. The number of fused-ring (bicyclic) bond motifs is 4. The predicted octanol–water partition coefficient (Wildman–Crippen LogP) is 4.04. The van der Waals surface area contributed by atoms with Crippen molar-refractivity contribution in [2.75, 3.05) is 6.54 Å². The zero-order chi connectivity index (χ0) is 38.8. The molecule has 5 amide bonds. The zero-order valence-electron chi connectivity index (χ0n) is 32.1. The van der Waals surface area contributed by atoms with Gasteiger partial charge in [0.25, 0.3) is 5.91 Å². The molecule has 3 heterocycles. The summed E-state index contributed by atoms with van der Waals surface area (Å²) in [7, 11) is -3.88. The molecule has 54 heavy (non-hydrogen) atoms. The summed E-state index contributed by atoms with van der Waals surface area (Å²) in [5, 5.41) is 5.02. The van der Waals surface area contributed by atoms with Gasteiger partial charge in [-0.25, -0.2) is 18.0 Å². The van der Waals surface area contributed by atoms with Gasteiger partial charge in [0.2, 0.25) is 21.8 Å². The number of aryl methyl sites for hydroxylation is 1. The number of carbonyl (C=O) groups excluding carboxylic acids is 5. The third-order valence-electron chi connectivity index (χ3n) is 12.6. The minimum absolute atomic E-state index is 0.0503. The monoisotopic (exact) mass is 769 g/mol. The Balaban J connectivity index is 1.16. The van der Waals surface area contributed by atoms with Crippen molar-refractivity contribution in [1.29, 1.82) is 0 Å². The van der Waals surface area contributed by atoms with Crippen LogP contribution in [0, 0.1) is 17.3 Å². The molecule has 1 aromatic rings. The predicted molar refractivity (Wildman–Crippen MR) is 197 cm³/mol. The lowest BCUT2D eigenvalue weighted by atomic mass is 9.85. The van der Waals surface area contributed by atoms with Crippen LogP contribution >= 0.6 is 0 Å². The van der Waals surface area contributed by atoms with Crippen molar-refractivity contribution in [3.05, 3.63) is 34.9 Å². The number of alkyl carbamates (subject to hydrolysis) is 1. The lowest BCUT2D eigenvalue weighted by molar-refractivity contribution is -0.143. The Morgan fingerprint density at radius 1 is 1.02 bits per heavy atom. The van der Waals surface area contributed by atoms with Gasteiger partial charge in [-0.05, 0) is 79.9 Å². The number of ether oxygens (including phenoxy) is 2. The van der Waals surface area contributed by atoms with Gasteiger partial charge in [0.05, 0.1) is 11.8 Å². The maximum Gasteiger partial charge on any atom is 0.410 e. The van der Waals surface area contributed by atoms with Crippen molar-refractivity contribution in [3.8, 4) is 0 Å². The molecule has 3 aliphatic heterocycles. The van der Waals surface area contributed by atoms with Crippen molar-refractivity contribution in [2.24, 2.45) is 17.3 Å². The zero-order valence-corrected chi connectivity index (χ0v) is 32.9. The van der Waals surface area contributed by atoms with Gasteiger partial charge < -0.3 is 25.0 Å². The van der Waals surface area contributed by atoms with E-state index in [4.69, 9.17) is 9.47 Å². The minimum atomic E-state index is -3.88. The highest BCUT2D eigenvalue weighted by molar-refractivity contribution is 7.91. The molecule has 3 N–H and O–H groups in total. The van der Waals surface area contributed by atoms with Crippen LogP contribution in [0.1, 0.15) is 116 Å². The summed E-state index contributed by atoms with van der Waals surface area (Å²) in [6.45, 7) is 9.85. The van der Waals surface area contributed by atoms with E-state index in [-0.39, 0.29) is 31.2 Å². The first kappa shape index (κ1) is 38.4. The number of nitrogens with one attached hydrogen (secondary N) is 3. The first-order chi connectivity index (χ1) is 25.4. The van der Waals surface area contributed by atoms with E-state index in [2.05, 4.69) is 21.4 Å². The van der Waals surface area contributed by atoms with Crippen molar-refractivity contribution in [2.45, 2.75) is 153 Å². The molecule has 15 heteroatoms. The largest absolute Gasteiger partial charge is 0.444 e. The van der Waals surface area contributed by atoms with Crippen molar-refractivity contribution >= 4 is 39.9 Å². The molecule has 14 nitrogen and oxygen atoms in total. The van der Waals surface area contributed by atoms with Crippen LogP contribution in [0.4, 0.5) is 9.59 Å². The van der Waals surface area contributed by atoms with E-state index in [1.54, 1.807) is 25.7 Å². The van der Waals surface area contributed by atoms with Crippen LogP contribution in [-0.4, -0.2) is 89.2 Å². The van der Waals surface area contributed by atoms with Crippen LogP contribution in [0.5, 0.6) is 0 Å². The van der Waals surface area contributed by atoms with Crippen molar-refractivity contribution in [1.82, 2.24) is 25.2 Å². The maximum absolute atomic E-state index is 14.6. The molecule has 7 atom stereocenters. The standard InChI is InChI=1S/C39H55N5O9S/c1-6-25-19-39(25,34(47)42-54(50,51)28-15-16-28)41-32(45)30-17-27-21-44(30)33(46)31(37(2,3)4)40-35(48)53-38(5)18-26(38)14-9-7-8-11-23-12-10-13-24-20-43(22-29(23)24)36(49)52-27/h10,12-13,25-28,30-31H,6-9,11,14-22H2,1-5H3,(H,40,48)(H,41,45)(H,42,47)/t25?,26-,27-,30+,31-,38-,39-/m1/s1. The molecular weight excluding hydrogens is 715 g/mol. The molecule has 6 aliphatic rings. The van der Waals surface area contributed by atoms with Crippen LogP contribution in [0.15, 0.2) is 18.2 Å². The van der Waals surface area contributed by atoms with Crippen LogP contribution in [-0.2, 0) is 53.4 Å². The highest BCUT2D eigenvalue weighted by Crippen LogP contribution is 2.50. The summed E-state index contributed by atoms with van der Waals surface area (Å²) in [5.41, 5.74) is 0.510. The molecule has 0 spiro atoms. The molecular formula is C39H55N5O9S. The van der Waals surface area contributed by atoms with Crippen LogP contribution in [0.2, 0.25) is 0 Å². The third-order valence-corrected chi connectivity index (χ3v) is 14.4. The van der Waals surface area contributed by atoms with E-state index in [1.165, 1.54) is 10.5 Å². The van der Waals surface area contributed by atoms with Gasteiger partial charge in [-0.15, -0.1) is 0 Å². The van der Waals surface area contributed by atoms with Crippen molar-refractivity contribution in [3.63, 3.8) is 0 Å². The summed E-state index contributed by atoms with van der Waals surface area (Å²) in [6.07, 6.45) is 5.11. The van der Waals surface area contributed by atoms with Gasteiger partial charge in [0, 0.05) is 25.4 Å². The number of rotatable bonds is 6. The van der Waals surface area contributed by atoms with Gasteiger partial charge in [0.15, 0.2) is 0 Å². The fourth-order valence-corrected chi connectivity index (χ4v) is 10.1. The van der Waals surface area contributed by atoms with Crippen LogP contribution in [0.3, 0.4) is 0 Å². The lowest BCUT2D eigenvalue weighted by Gasteiger charge is -2.35. The topological polar surface area (TPSA) is 181 Å². The molecule has 3 saturated carbocycles. The van der Waals surface area contributed by atoms with E-state index in [0.717, 1.165) is 49.7 Å². The van der Waals surface area contributed by atoms with E-state index >= 15 is 0 Å². The Labute approximate surface area is 317 Å². The Bertz CT molecular complexity index is 1830. The molecule has 7 rings (SSSR count). The van der Waals surface area contributed by atoms with Crippen LogP contribution in [0.25, 0.3) is 0 Å². The summed E-state index contributed by atoms with van der Waals surface area (Å²) >= 11 is 0. The number of sulfonamides is 1. The first-order valence-electron chi connectivity index (χ1n) is 19.7. The number of hydrogen-bond donors (Lipinski definition) is 3.